The van der Waals surface area contributed by atoms with E-state index in [1.54, 1.807) is 7.11 Å². The summed E-state index contributed by atoms with van der Waals surface area (Å²) in [5.41, 5.74) is 9.20. The molecule has 0 aliphatic heterocycles. The third-order valence-corrected chi connectivity index (χ3v) is 4.79. The van der Waals surface area contributed by atoms with Crippen LogP contribution >= 0.6 is 24.8 Å². The highest BCUT2D eigenvalue weighted by molar-refractivity contribution is 5.85. The van der Waals surface area contributed by atoms with Crippen molar-refractivity contribution >= 4 is 41.5 Å². The van der Waals surface area contributed by atoms with Crippen LogP contribution in [0.1, 0.15) is 36.0 Å². The summed E-state index contributed by atoms with van der Waals surface area (Å²) in [6, 6.07) is 10.5. The zero-order valence-corrected chi connectivity index (χ0v) is 17.0. The van der Waals surface area contributed by atoms with E-state index >= 15 is 0 Å². The van der Waals surface area contributed by atoms with Crippen LogP contribution in [0.2, 0.25) is 0 Å². The van der Waals surface area contributed by atoms with Crippen LogP contribution in [0, 0.1) is 6.92 Å². The molecule has 146 valence electrons. The Hall–Kier alpha value is -2.02. The lowest BCUT2D eigenvalue weighted by Crippen LogP contribution is -2.35. The second kappa shape index (κ2) is 8.78. The Morgan fingerprint density at radius 2 is 1.96 bits per heavy atom. The molecule has 1 aromatic carbocycles. The number of H-pyrrole nitrogens is 1. The number of aryl methyl sites for hydroxylation is 1. The molecule has 2 heterocycles. The van der Waals surface area contributed by atoms with Crippen molar-refractivity contribution in [3.05, 3.63) is 47.5 Å². The van der Waals surface area contributed by atoms with Gasteiger partial charge in [-0.3, -0.25) is 0 Å². The van der Waals surface area contributed by atoms with Gasteiger partial charge in [-0.1, -0.05) is 0 Å². The maximum atomic E-state index is 5.90. The molecule has 1 fully saturated rings. The van der Waals surface area contributed by atoms with Crippen molar-refractivity contribution in [2.45, 2.75) is 38.3 Å². The molecule has 0 saturated heterocycles. The van der Waals surface area contributed by atoms with E-state index in [4.69, 9.17) is 10.5 Å². The van der Waals surface area contributed by atoms with Gasteiger partial charge in [-0.15, -0.1) is 24.8 Å². The molecular weight excluding hydrogens is 385 g/mol. The third kappa shape index (κ3) is 4.64. The van der Waals surface area contributed by atoms with Crippen molar-refractivity contribution in [1.82, 2.24) is 15.0 Å². The number of halogens is 2. The molecule has 3 aromatic rings. The summed E-state index contributed by atoms with van der Waals surface area (Å²) in [4.78, 5) is 12.5. The van der Waals surface area contributed by atoms with Crippen LogP contribution in [-0.4, -0.2) is 28.1 Å². The Kier molecular flexibility index (Phi) is 6.92. The number of ether oxygens (including phenoxy) is 1. The van der Waals surface area contributed by atoms with Gasteiger partial charge in [0.1, 0.15) is 17.4 Å². The molecule has 1 saturated carbocycles. The van der Waals surface area contributed by atoms with Crippen LogP contribution < -0.4 is 15.8 Å². The minimum atomic E-state index is 0. The van der Waals surface area contributed by atoms with Crippen LogP contribution in [0.4, 0.5) is 5.82 Å². The Morgan fingerprint density at radius 1 is 1.19 bits per heavy atom. The van der Waals surface area contributed by atoms with Gasteiger partial charge < -0.3 is 20.8 Å². The molecule has 1 aliphatic carbocycles. The number of anilines is 1. The van der Waals surface area contributed by atoms with Crippen molar-refractivity contribution < 1.29 is 4.74 Å². The number of hydrogen-bond acceptors (Lipinski definition) is 5. The van der Waals surface area contributed by atoms with Gasteiger partial charge >= 0.3 is 0 Å². The van der Waals surface area contributed by atoms with Gasteiger partial charge in [-0.25, -0.2) is 9.97 Å². The highest BCUT2D eigenvalue weighted by Gasteiger charge is 2.28. The Labute approximate surface area is 171 Å². The first-order valence-corrected chi connectivity index (χ1v) is 8.61. The molecule has 4 N–H and O–H groups in total. The predicted molar refractivity (Wildman–Crippen MR) is 113 cm³/mol. The summed E-state index contributed by atoms with van der Waals surface area (Å²) >= 11 is 0. The first-order valence-electron chi connectivity index (χ1n) is 8.61. The number of nitrogens with one attached hydrogen (secondary N) is 2. The molecule has 0 amide bonds. The summed E-state index contributed by atoms with van der Waals surface area (Å²) in [7, 11) is 1.68. The Balaban J connectivity index is 0.00000131. The SMILES string of the molecule is COc1ccc2[nH]c(CNc3cc(C4CC(N)C4)nc(C)n3)cc2c1.Cl.Cl. The average molecular weight is 410 g/mol. The number of fused-ring (bicyclic) bond motifs is 1. The van der Waals surface area contributed by atoms with E-state index < -0.39 is 0 Å². The lowest BCUT2D eigenvalue weighted by atomic mass is 9.78. The van der Waals surface area contributed by atoms with E-state index in [0.29, 0.717) is 18.5 Å². The van der Waals surface area contributed by atoms with E-state index in [1.807, 2.05) is 25.1 Å². The molecule has 27 heavy (non-hydrogen) atoms. The van der Waals surface area contributed by atoms with Crippen molar-refractivity contribution in [2.24, 2.45) is 5.73 Å². The van der Waals surface area contributed by atoms with E-state index in [1.165, 1.54) is 0 Å². The van der Waals surface area contributed by atoms with Crippen LogP contribution in [0.5, 0.6) is 5.75 Å². The van der Waals surface area contributed by atoms with Crippen LogP contribution in [0.25, 0.3) is 10.9 Å². The third-order valence-electron chi connectivity index (χ3n) is 4.79. The highest BCUT2D eigenvalue weighted by Crippen LogP contribution is 2.35. The lowest BCUT2D eigenvalue weighted by molar-refractivity contribution is 0.344. The number of nitrogens with zero attached hydrogens (tertiary/aromatic N) is 2. The van der Waals surface area contributed by atoms with Gasteiger partial charge in [0.15, 0.2) is 0 Å². The second-order valence-corrected chi connectivity index (χ2v) is 6.75. The second-order valence-electron chi connectivity index (χ2n) is 6.75. The van der Waals surface area contributed by atoms with Crippen molar-refractivity contribution in [3.8, 4) is 5.75 Å². The Bertz CT molecular complexity index is 908. The molecule has 1 aliphatic rings. The van der Waals surface area contributed by atoms with Crippen LogP contribution in [0.15, 0.2) is 30.3 Å². The predicted octanol–water partition coefficient (Wildman–Crippen LogP) is 3.94. The monoisotopic (exact) mass is 409 g/mol. The molecule has 0 atom stereocenters. The zero-order chi connectivity index (χ0) is 17.4. The number of rotatable bonds is 5. The normalized spacial score (nSPS) is 18.2. The van der Waals surface area contributed by atoms with Crippen molar-refractivity contribution in [3.63, 3.8) is 0 Å². The molecule has 4 rings (SSSR count). The molecular formula is C19H25Cl2N5O. The number of aromatic amines is 1. The fourth-order valence-electron chi connectivity index (χ4n) is 3.37. The minimum Gasteiger partial charge on any atom is -0.497 e. The smallest absolute Gasteiger partial charge is 0.130 e. The number of methoxy groups -OCH3 is 1. The molecule has 0 unspecified atom stereocenters. The first-order chi connectivity index (χ1) is 12.1. The van der Waals surface area contributed by atoms with Gasteiger partial charge in [-0.2, -0.15) is 0 Å². The van der Waals surface area contributed by atoms with Crippen LogP contribution in [0.3, 0.4) is 0 Å². The van der Waals surface area contributed by atoms with Gasteiger partial charge in [-0.05, 0) is 44.0 Å². The maximum absolute atomic E-state index is 5.90. The summed E-state index contributed by atoms with van der Waals surface area (Å²) < 4.78 is 5.28. The molecule has 0 spiro atoms. The maximum Gasteiger partial charge on any atom is 0.130 e. The number of hydrogen-bond donors (Lipinski definition) is 3. The fourth-order valence-corrected chi connectivity index (χ4v) is 3.37. The topological polar surface area (TPSA) is 88.8 Å². The summed E-state index contributed by atoms with van der Waals surface area (Å²) in [5, 5.41) is 4.54. The van der Waals surface area contributed by atoms with Crippen molar-refractivity contribution in [1.29, 1.82) is 0 Å². The van der Waals surface area contributed by atoms with Gasteiger partial charge in [0.25, 0.3) is 0 Å². The van der Waals surface area contributed by atoms with Crippen molar-refractivity contribution in [2.75, 3.05) is 12.4 Å². The summed E-state index contributed by atoms with van der Waals surface area (Å²) in [5.74, 6) is 2.99. The van der Waals surface area contributed by atoms with E-state index in [-0.39, 0.29) is 24.8 Å². The fraction of sp³-hybridized carbons (Fsp3) is 0.368. The van der Waals surface area contributed by atoms with Gasteiger partial charge in [0, 0.05) is 40.3 Å². The Morgan fingerprint density at radius 3 is 2.67 bits per heavy atom. The van der Waals surface area contributed by atoms with E-state index in [2.05, 4.69) is 32.4 Å². The highest BCUT2D eigenvalue weighted by atomic mass is 35.5. The molecule has 8 heteroatoms. The standard InChI is InChI=1S/C19H23N5O.2ClH/c1-11-22-18(12-5-14(20)6-12)9-19(23-11)21-10-15-7-13-8-16(25-2)3-4-17(13)24-15;;/h3-4,7-9,12,14,24H,5-6,10,20H2,1-2H3,(H,21,22,23);2*1H. The number of aromatic nitrogens is 3. The average Bonchev–Trinajstić information content (AvgIpc) is 2.98. The first kappa shape index (κ1) is 21.3. The van der Waals surface area contributed by atoms with Gasteiger partial charge in [0.05, 0.1) is 13.7 Å². The van der Waals surface area contributed by atoms with Gasteiger partial charge in [0.2, 0.25) is 0 Å². The quantitative estimate of drug-likeness (QED) is 0.593. The molecule has 2 aromatic heterocycles. The number of benzene rings is 1. The number of nitrogens with two attached hydrogens (primary N) is 1. The summed E-state index contributed by atoms with van der Waals surface area (Å²) in [6.07, 6.45) is 2.03. The summed E-state index contributed by atoms with van der Waals surface area (Å²) in [6.45, 7) is 2.61. The van der Waals surface area contributed by atoms with Crippen LogP contribution in [-0.2, 0) is 6.54 Å². The lowest BCUT2D eigenvalue weighted by Gasteiger charge is -2.32. The van der Waals surface area contributed by atoms with E-state index in [9.17, 15) is 0 Å². The molecule has 6 nitrogen and oxygen atoms in total. The minimum absolute atomic E-state index is 0. The largest absolute Gasteiger partial charge is 0.497 e. The molecule has 0 bridgehead atoms. The zero-order valence-electron chi connectivity index (χ0n) is 15.4. The molecule has 0 radical (unpaired) electrons. The van der Waals surface area contributed by atoms with E-state index in [0.717, 1.165) is 52.5 Å².